The molecule has 0 saturated carbocycles. The first kappa shape index (κ1) is 15.5. The third-order valence-corrected chi connectivity index (χ3v) is 3.03. The number of carbonyl (C=O) groups is 1. The Bertz CT molecular complexity index is 393. The van der Waals surface area contributed by atoms with Gasteiger partial charge in [-0.05, 0) is 26.5 Å². The Hall–Kier alpha value is -1.55. The van der Waals surface area contributed by atoms with Gasteiger partial charge in [0.1, 0.15) is 5.75 Å². The Morgan fingerprint density at radius 2 is 2.11 bits per heavy atom. The van der Waals surface area contributed by atoms with Gasteiger partial charge in [-0.2, -0.15) is 0 Å². The van der Waals surface area contributed by atoms with Gasteiger partial charge in [0.05, 0.1) is 0 Å². The molecule has 1 atom stereocenters. The Morgan fingerprint density at radius 1 is 1.37 bits per heavy atom. The average molecular weight is 264 g/mol. The molecule has 4 heteroatoms. The minimum atomic E-state index is -0.0691. The summed E-state index contributed by atoms with van der Waals surface area (Å²) >= 11 is 0. The van der Waals surface area contributed by atoms with Crippen LogP contribution in [0.5, 0.6) is 5.75 Å². The lowest BCUT2D eigenvalue weighted by Gasteiger charge is -2.16. The number of amides is 1. The molecule has 0 radical (unpaired) electrons. The summed E-state index contributed by atoms with van der Waals surface area (Å²) in [6.07, 6.45) is 2.07. The second-order valence-electron chi connectivity index (χ2n) is 4.54. The lowest BCUT2D eigenvalue weighted by Crippen LogP contribution is -2.29. The maximum Gasteiger partial charge on any atom is 0.257 e. The van der Waals surface area contributed by atoms with E-state index in [1.165, 1.54) is 0 Å². The van der Waals surface area contributed by atoms with E-state index in [0.717, 1.165) is 24.2 Å². The van der Waals surface area contributed by atoms with E-state index in [4.69, 9.17) is 4.74 Å². The molecule has 0 fully saturated rings. The zero-order valence-electron chi connectivity index (χ0n) is 12.0. The quantitative estimate of drug-likeness (QED) is 0.708. The second kappa shape index (κ2) is 8.53. The Morgan fingerprint density at radius 3 is 2.79 bits per heavy atom. The second-order valence-corrected chi connectivity index (χ2v) is 4.54. The maximum absolute atomic E-state index is 11.6. The average Bonchev–Trinajstić information content (AvgIpc) is 2.45. The molecule has 1 unspecified atom stereocenters. The Labute approximate surface area is 115 Å². The number of para-hydroxylation sites is 1. The minimum absolute atomic E-state index is 0.0666. The molecular formula is C15H24N2O2. The van der Waals surface area contributed by atoms with Gasteiger partial charge in [-0.25, -0.2) is 0 Å². The van der Waals surface area contributed by atoms with E-state index in [-0.39, 0.29) is 18.6 Å². The van der Waals surface area contributed by atoms with Crippen molar-refractivity contribution in [2.75, 3.05) is 20.2 Å². The van der Waals surface area contributed by atoms with Crippen molar-refractivity contribution >= 4 is 5.91 Å². The molecule has 0 spiro atoms. The van der Waals surface area contributed by atoms with Crippen LogP contribution in [-0.2, 0) is 4.79 Å². The van der Waals surface area contributed by atoms with Crippen LogP contribution in [0.25, 0.3) is 0 Å². The van der Waals surface area contributed by atoms with Gasteiger partial charge in [-0.15, -0.1) is 0 Å². The fourth-order valence-electron chi connectivity index (χ4n) is 1.72. The summed E-state index contributed by atoms with van der Waals surface area (Å²) < 4.78 is 5.60. The zero-order chi connectivity index (χ0) is 14.1. The predicted molar refractivity (Wildman–Crippen MR) is 77.3 cm³/mol. The highest BCUT2D eigenvalue weighted by Crippen LogP contribution is 2.24. The van der Waals surface area contributed by atoms with Gasteiger partial charge in [0, 0.05) is 18.2 Å². The van der Waals surface area contributed by atoms with Gasteiger partial charge in [-0.3, -0.25) is 4.79 Å². The van der Waals surface area contributed by atoms with Crippen molar-refractivity contribution in [1.82, 2.24) is 10.6 Å². The van der Waals surface area contributed by atoms with Crippen LogP contribution in [-0.4, -0.2) is 26.1 Å². The number of carbonyl (C=O) groups excluding carboxylic acids is 1. The third-order valence-electron chi connectivity index (χ3n) is 3.03. The molecule has 0 aromatic heterocycles. The number of hydrogen-bond acceptors (Lipinski definition) is 3. The molecule has 106 valence electrons. The number of hydrogen-bond donors (Lipinski definition) is 2. The Balaban J connectivity index is 2.50. The molecule has 0 heterocycles. The highest BCUT2D eigenvalue weighted by molar-refractivity contribution is 5.77. The summed E-state index contributed by atoms with van der Waals surface area (Å²) in [6.45, 7) is 4.94. The molecule has 1 amide bonds. The van der Waals surface area contributed by atoms with Gasteiger partial charge < -0.3 is 15.4 Å². The van der Waals surface area contributed by atoms with Gasteiger partial charge in [0.25, 0.3) is 5.91 Å². The molecule has 0 aliphatic carbocycles. The van der Waals surface area contributed by atoms with Crippen LogP contribution in [0.15, 0.2) is 24.3 Å². The molecule has 1 rings (SSSR count). The van der Waals surface area contributed by atoms with E-state index in [1.54, 1.807) is 0 Å². The van der Waals surface area contributed by atoms with Crippen LogP contribution < -0.4 is 15.4 Å². The van der Waals surface area contributed by atoms with E-state index >= 15 is 0 Å². The topological polar surface area (TPSA) is 50.4 Å². The van der Waals surface area contributed by atoms with Gasteiger partial charge >= 0.3 is 0 Å². The number of unbranched alkanes of at least 4 members (excludes halogenated alkanes) is 1. The van der Waals surface area contributed by atoms with Crippen molar-refractivity contribution in [2.45, 2.75) is 32.7 Å². The molecule has 1 aromatic carbocycles. The molecule has 19 heavy (non-hydrogen) atoms. The van der Waals surface area contributed by atoms with Crippen LogP contribution in [0.3, 0.4) is 0 Å². The van der Waals surface area contributed by atoms with Gasteiger partial charge in [0.2, 0.25) is 0 Å². The van der Waals surface area contributed by atoms with E-state index in [0.29, 0.717) is 6.54 Å². The highest BCUT2D eigenvalue weighted by Gasteiger charge is 2.10. The molecule has 0 aliphatic heterocycles. The summed E-state index contributed by atoms with van der Waals surface area (Å²) in [5.74, 6) is 0.690. The van der Waals surface area contributed by atoms with Crippen LogP contribution in [0.4, 0.5) is 0 Å². The predicted octanol–water partition coefficient (Wildman–Crippen LogP) is 2.26. The van der Waals surface area contributed by atoms with E-state index < -0.39 is 0 Å². The van der Waals surface area contributed by atoms with E-state index in [9.17, 15) is 4.79 Å². The van der Waals surface area contributed by atoms with Crippen molar-refractivity contribution in [2.24, 2.45) is 0 Å². The standard InChI is InChI=1S/C15H24N2O2/c1-4-5-10-17-15(18)11-19-14-9-7-6-8-13(14)12(2)16-3/h6-9,12,16H,4-5,10-11H2,1-3H3,(H,17,18). The monoisotopic (exact) mass is 264 g/mol. The van der Waals surface area contributed by atoms with Crippen molar-refractivity contribution in [3.8, 4) is 5.75 Å². The highest BCUT2D eigenvalue weighted by atomic mass is 16.5. The SMILES string of the molecule is CCCCNC(=O)COc1ccccc1C(C)NC. The van der Waals surface area contributed by atoms with Crippen LogP contribution >= 0.6 is 0 Å². The van der Waals surface area contributed by atoms with Crippen molar-refractivity contribution < 1.29 is 9.53 Å². The molecule has 1 aromatic rings. The van der Waals surface area contributed by atoms with E-state index in [2.05, 4.69) is 24.5 Å². The molecule has 2 N–H and O–H groups in total. The minimum Gasteiger partial charge on any atom is -0.483 e. The van der Waals surface area contributed by atoms with E-state index in [1.807, 2.05) is 31.3 Å². The summed E-state index contributed by atoms with van der Waals surface area (Å²) in [5.41, 5.74) is 1.06. The summed E-state index contributed by atoms with van der Waals surface area (Å²) in [5, 5.41) is 6.01. The molecular weight excluding hydrogens is 240 g/mol. The summed E-state index contributed by atoms with van der Waals surface area (Å²) in [7, 11) is 1.90. The van der Waals surface area contributed by atoms with Gasteiger partial charge in [-0.1, -0.05) is 31.5 Å². The smallest absolute Gasteiger partial charge is 0.257 e. The maximum atomic E-state index is 11.6. The summed E-state index contributed by atoms with van der Waals surface area (Å²) in [4.78, 5) is 11.6. The van der Waals surface area contributed by atoms with Crippen LogP contribution in [0.1, 0.15) is 38.3 Å². The summed E-state index contributed by atoms with van der Waals surface area (Å²) in [6, 6.07) is 7.97. The number of rotatable bonds is 8. The van der Waals surface area contributed by atoms with Crippen molar-refractivity contribution in [1.29, 1.82) is 0 Å². The van der Waals surface area contributed by atoms with Gasteiger partial charge in [0.15, 0.2) is 6.61 Å². The molecule has 0 aliphatic rings. The van der Waals surface area contributed by atoms with Crippen LogP contribution in [0, 0.1) is 0 Å². The molecule has 4 nitrogen and oxygen atoms in total. The largest absolute Gasteiger partial charge is 0.483 e. The van der Waals surface area contributed by atoms with Crippen LogP contribution in [0.2, 0.25) is 0 Å². The fraction of sp³-hybridized carbons (Fsp3) is 0.533. The number of nitrogens with one attached hydrogen (secondary N) is 2. The third kappa shape index (κ3) is 5.30. The molecule has 0 bridgehead atoms. The molecule has 0 saturated heterocycles. The first-order valence-corrected chi connectivity index (χ1v) is 6.84. The lowest BCUT2D eigenvalue weighted by molar-refractivity contribution is -0.123. The first-order chi connectivity index (χ1) is 9.19. The number of benzene rings is 1. The van der Waals surface area contributed by atoms with Crippen molar-refractivity contribution in [3.63, 3.8) is 0 Å². The normalized spacial score (nSPS) is 11.9. The number of ether oxygens (including phenoxy) is 1. The fourth-order valence-corrected chi connectivity index (χ4v) is 1.72. The Kier molecular flexibility index (Phi) is 6.97. The van der Waals surface area contributed by atoms with Crippen molar-refractivity contribution in [3.05, 3.63) is 29.8 Å². The lowest BCUT2D eigenvalue weighted by atomic mass is 10.1. The zero-order valence-corrected chi connectivity index (χ0v) is 12.0. The first-order valence-electron chi connectivity index (χ1n) is 6.84.